The van der Waals surface area contributed by atoms with Crippen LogP contribution in [0.1, 0.15) is 31.5 Å². The van der Waals surface area contributed by atoms with Gasteiger partial charge in [0.05, 0.1) is 10.7 Å². The number of carbonyl (C=O) groups excluding carboxylic acids is 1. The maximum absolute atomic E-state index is 11.6. The molecule has 1 heterocycles. The summed E-state index contributed by atoms with van der Waals surface area (Å²) in [5.74, 6) is 0.570. The van der Waals surface area contributed by atoms with Crippen molar-refractivity contribution in [2.75, 3.05) is 33.7 Å². The monoisotopic (exact) mass is 479 g/mol. The molecule has 0 unspecified atom stereocenters. The fourth-order valence-electron chi connectivity index (χ4n) is 1.71. The van der Waals surface area contributed by atoms with Crippen LogP contribution in [0.4, 0.5) is 0 Å². The van der Waals surface area contributed by atoms with Gasteiger partial charge in [-0.1, -0.05) is 26.8 Å². The van der Waals surface area contributed by atoms with Gasteiger partial charge in [-0.05, 0) is 0 Å². The number of rotatable bonds is 7. The predicted octanol–water partition coefficient (Wildman–Crippen LogP) is 2.41. The second-order valence-corrected chi connectivity index (χ2v) is 7.55. The highest BCUT2D eigenvalue weighted by molar-refractivity contribution is 14.0. The molecule has 0 aromatic carbocycles. The van der Waals surface area contributed by atoms with Crippen LogP contribution in [0.5, 0.6) is 0 Å². The summed E-state index contributed by atoms with van der Waals surface area (Å²) < 4.78 is 0. The quantitative estimate of drug-likeness (QED) is 0.273. The number of nitrogens with one attached hydrogen (secondary N) is 2. The van der Waals surface area contributed by atoms with Gasteiger partial charge in [0, 0.05) is 44.4 Å². The SMILES string of the molecule is C=CCNC(=NCC(=O)N(C)C)NCCc1csc(C(C)(C)C)n1.I. The molecule has 1 aromatic rings. The molecule has 0 fully saturated rings. The first-order valence-corrected chi connectivity index (χ1v) is 8.90. The largest absolute Gasteiger partial charge is 0.356 e. The minimum Gasteiger partial charge on any atom is -0.356 e. The number of nitrogens with zero attached hydrogens (tertiary/aromatic N) is 3. The van der Waals surface area contributed by atoms with E-state index in [1.807, 2.05) is 0 Å². The number of carbonyl (C=O) groups is 1. The second kappa shape index (κ2) is 11.5. The van der Waals surface area contributed by atoms with Gasteiger partial charge in [0.2, 0.25) is 5.91 Å². The van der Waals surface area contributed by atoms with Crippen molar-refractivity contribution in [3.63, 3.8) is 0 Å². The number of hydrogen-bond donors (Lipinski definition) is 2. The van der Waals surface area contributed by atoms with Crippen molar-refractivity contribution in [3.8, 4) is 0 Å². The van der Waals surface area contributed by atoms with Crippen molar-refractivity contribution in [3.05, 3.63) is 28.7 Å². The van der Waals surface area contributed by atoms with Gasteiger partial charge in [-0.15, -0.1) is 41.9 Å². The first-order valence-electron chi connectivity index (χ1n) is 8.02. The van der Waals surface area contributed by atoms with Crippen LogP contribution in [0, 0.1) is 0 Å². The number of thiazole rings is 1. The number of aliphatic imine (C=N–C) groups is 1. The molecule has 0 spiro atoms. The Balaban J connectivity index is 0.00000576. The highest BCUT2D eigenvalue weighted by atomic mass is 127. The molecule has 0 bridgehead atoms. The Bertz CT molecular complexity index is 578. The topological polar surface area (TPSA) is 69.6 Å². The lowest BCUT2D eigenvalue weighted by molar-refractivity contribution is -0.127. The molecule has 6 nitrogen and oxygen atoms in total. The first-order chi connectivity index (χ1) is 11.2. The zero-order chi connectivity index (χ0) is 18.2. The Morgan fingerprint density at radius 2 is 2.08 bits per heavy atom. The predicted molar refractivity (Wildman–Crippen MR) is 117 cm³/mol. The Morgan fingerprint density at radius 3 is 2.60 bits per heavy atom. The van der Waals surface area contributed by atoms with Crippen molar-refractivity contribution >= 4 is 47.2 Å². The maximum Gasteiger partial charge on any atom is 0.243 e. The van der Waals surface area contributed by atoms with Crippen molar-refractivity contribution in [1.82, 2.24) is 20.5 Å². The molecule has 0 aliphatic rings. The van der Waals surface area contributed by atoms with Crippen LogP contribution < -0.4 is 10.6 Å². The smallest absolute Gasteiger partial charge is 0.243 e. The van der Waals surface area contributed by atoms with Crippen molar-refractivity contribution in [2.45, 2.75) is 32.6 Å². The molecular weight excluding hydrogens is 449 g/mol. The molecule has 0 saturated carbocycles. The van der Waals surface area contributed by atoms with Gasteiger partial charge in [0.15, 0.2) is 5.96 Å². The number of aromatic nitrogens is 1. The molecule has 2 N–H and O–H groups in total. The molecule has 1 rings (SSSR count). The molecule has 142 valence electrons. The summed E-state index contributed by atoms with van der Waals surface area (Å²) in [7, 11) is 3.44. The average molecular weight is 479 g/mol. The third-order valence-corrected chi connectivity index (χ3v) is 4.47. The van der Waals surface area contributed by atoms with Gasteiger partial charge in [-0.25, -0.2) is 9.98 Å². The minimum absolute atomic E-state index is 0. The third kappa shape index (κ3) is 9.20. The molecule has 0 aliphatic carbocycles. The highest BCUT2D eigenvalue weighted by Crippen LogP contribution is 2.25. The Kier molecular flexibility index (Phi) is 10.9. The van der Waals surface area contributed by atoms with E-state index in [2.05, 4.69) is 53.3 Å². The van der Waals surface area contributed by atoms with Gasteiger partial charge in [-0.2, -0.15) is 0 Å². The van der Waals surface area contributed by atoms with Crippen LogP contribution in [0.15, 0.2) is 23.0 Å². The Hall–Kier alpha value is -1.16. The summed E-state index contributed by atoms with van der Waals surface area (Å²) in [6.07, 6.45) is 2.56. The summed E-state index contributed by atoms with van der Waals surface area (Å²) >= 11 is 1.70. The van der Waals surface area contributed by atoms with Crippen LogP contribution in [0.2, 0.25) is 0 Å². The van der Waals surface area contributed by atoms with Gasteiger partial charge < -0.3 is 15.5 Å². The number of halogens is 1. The van der Waals surface area contributed by atoms with E-state index >= 15 is 0 Å². The van der Waals surface area contributed by atoms with E-state index in [0.717, 1.165) is 17.1 Å². The molecule has 25 heavy (non-hydrogen) atoms. The molecule has 0 atom stereocenters. The lowest BCUT2D eigenvalue weighted by Gasteiger charge is -2.14. The zero-order valence-electron chi connectivity index (χ0n) is 15.8. The van der Waals surface area contributed by atoms with Crippen LogP contribution >= 0.6 is 35.3 Å². The summed E-state index contributed by atoms with van der Waals surface area (Å²) in [5.41, 5.74) is 1.16. The van der Waals surface area contributed by atoms with E-state index in [0.29, 0.717) is 19.0 Å². The van der Waals surface area contributed by atoms with E-state index in [4.69, 9.17) is 0 Å². The van der Waals surface area contributed by atoms with E-state index < -0.39 is 0 Å². The van der Waals surface area contributed by atoms with Crippen molar-refractivity contribution < 1.29 is 4.79 Å². The van der Waals surface area contributed by atoms with Crippen molar-refractivity contribution in [2.24, 2.45) is 4.99 Å². The zero-order valence-corrected chi connectivity index (χ0v) is 18.9. The normalized spacial score (nSPS) is 11.5. The van der Waals surface area contributed by atoms with Crippen LogP contribution in [-0.2, 0) is 16.6 Å². The van der Waals surface area contributed by atoms with E-state index in [9.17, 15) is 4.79 Å². The molecule has 0 saturated heterocycles. The van der Waals surface area contributed by atoms with Gasteiger partial charge in [0.1, 0.15) is 6.54 Å². The highest BCUT2D eigenvalue weighted by Gasteiger charge is 2.17. The number of amides is 1. The third-order valence-electron chi connectivity index (χ3n) is 3.15. The van der Waals surface area contributed by atoms with Crippen LogP contribution in [0.3, 0.4) is 0 Å². The molecular formula is C17H30IN5OS. The van der Waals surface area contributed by atoms with Crippen LogP contribution in [-0.4, -0.2) is 55.5 Å². The molecule has 1 amide bonds. The minimum atomic E-state index is -0.0379. The summed E-state index contributed by atoms with van der Waals surface area (Å²) in [5, 5.41) is 9.59. The van der Waals surface area contributed by atoms with Gasteiger partial charge >= 0.3 is 0 Å². The maximum atomic E-state index is 11.6. The summed E-state index contributed by atoms with van der Waals surface area (Å²) in [6.45, 7) is 11.6. The Morgan fingerprint density at radius 1 is 1.40 bits per heavy atom. The molecule has 0 radical (unpaired) electrons. The van der Waals surface area contributed by atoms with Crippen molar-refractivity contribution in [1.29, 1.82) is 0 Å². The lowest BCUT2D eigenvalue weighted by Crippen LogP contribution is -2.39. The first kappa shape index (κ1) is 23.8. The summed E-state index contributed by atoms with van der Waals surface area (Å²) in [4.78, 5) is 22.1. The van der Waals surface area contributed by atoms with Gasteiger partial charge in [0.25, 0.3) is 0 Å². The number of likely N-dealkylation sites (N-methyl/N-ethyl adjacent to an activating group) is 1. The Labute approximate surface area is 172 Å². The number of guanidine groups is 1. The number of hydrogen-bond acceptors (Lipinski definition) is 4. The molecule has 0 aliphatic heterocycles. The molecule has 8 heteroatoms. The fourth-order valence-corrected chi connectivity index (χ4v) is 2.65. The van der Waals surface area contributed by atoms with Gasteiger partial charge in [-0.3, -0.25) is 4.79 Å². The van der Waals surface area contributed by atoms with E-state index in [1.165, 1.54) is 4.90 Å². The average Bonchev–Trinajstić information content (AvgIpc) is 2.98. The van der Waals surface area contributed by atoms with E-state index in [1.54, 1.807) is 31.5 Å². The lowest BCUT2D eigenvalue weighted by atomic mass is 9.98. The second-order valence-electron chi connectivity index (χ2n) is 6.69. The fraction of sp³-hybridized carbons (Fsp3) is 0.588. The standard InChI is InChI=1S/C17H29N5OS.HI/c1-7-9-18-16(20-11-14(23)22(5)6)19-10-8-13-12-24-15(21-13)17(2,3)4;/h7,12H,1,8-11H2,2-6H3,(H2,18,19,20);1H. The molecule has 1 aromatic heterocycles. The summed E-state index contributed by atoms with van der Waals surface area (Å²) in [6, 6.07) is 0. The van der Waals surface area contributed by atoms with Crippen LogP contribution in [0.25, 0.3) is 0 Å². The van der Waals surface area contributed by atoms with E-state index in [-0.39, 0.29) is 41.8 Å².